The Labute approximate surface area is 171 Å². The van der Waals surface area contributed by atoms with Gasteiger partial charge in [0.15, 0.2) is 17.3 Å². The van der Waals surface area contributed by atoms with Crippen LogP contribution in [0.15, 0.2) is 30.7 Å². The van der Waals surface area contributed by atoms with E-state index in [1.165, 1.54) is 31.7 Å². The van der Waals surface area contributed by atoms with Gasteiger partial charge < -0.3 is 10.3 Å². The monoisotopic (exact) mass is 406 g/mol. The highest BCUT2D eigenvalue weighted by Crippen LogP contribution is 2.42. The molecule has 0 spiro atoms. The molecule has 3 fully saturated rings. The molecule has 3 aromatic heterocycles. The highest BCUT2D eigenvalue weighted by Gasteiger charge is 2.36. The summed E-state index contributed by atoms with van der Waals surface area (Å²) in [6.07, 6.45) is 11.1. The fraction of sp³-hybridized carbons (Fsp3) is 0.364. The van der Waals surface area contributed by atoms with Crippen molar-refractivity contribution in [1.82, 2.24) is 24.9 Å². The first kappa shape index (κ1) is 17.7. The van der Waals surface area contributed by atoms with Gasteiger partial charge >= 0.3 is 0 Å². The Bertz CT molecular complexity index is 1260. The van der Waals surface area contributed by atoms with Crippen molar-refractivity contribution in [3.63, 3.8) is 0 Å². The van der Waals surface area contributed by atoms with E-state index in [9.17, 15) is 8.78 Å². The summed E-state index contributed by atoms with van der Waals surface area (Å²) in [7, 11) is 0. The number of anilines is 1. The second-order valence-electron chi connectivity index (χ2n) is 8.40. The first-order valence-electron chi connectivity index (χ1n) is 10.4. The Morgan fingerprint density at radius 2 is 1.83 bits per heavy atom. The molecule has 0 aliphatic heterocycles. The molecule has 8 heteroatoms. The van der Waals surface area contributed by atoms with Crippen LogP contribution in [0, 0.1) is 23.5 Å². The van der Waals surface area contributed by atoms with E-state index in [0.717, 1.165) is 18.4 Å². The average Bonchev–Trinajstić information content (AvgIpc) is 3.19. The molecule has 3 heterocycles. The van der Waals surface area contributed by atoms with Crippen molar-refractivity contribution in [3.8, 4) is 11.4 Å². The SMILES string of the molecule is Fc1cc(F)c2[nH]cc(-c3nc(NC4CC5CCC4CC5)c4nccnc4n3)c2c1. The second-order valence-corrected chi connectivity index (χ2v) is 8.40. The minimum absolute atomic E-state index is 0.230. The molecule has 4 aromatic rings. The predicted octanol–water partition coefficient (Wildman–Crippen LogP) is 4.84. The molecule has 0 radical (unpaired) electrons. The summed E-state index contributed by atoms with van der Waals surface area (Å²) in [6, 6.07) is 2.51. The number of nitrogens with zero attached hydrogens (tertiary/aromatic N) is 4. The van der Waals surface area contributed by atoms with E-state index in [0.29, 0.717) is 45.7 Å². The molecule has 2 bridgehead atoms. The summed E-state index contributed by atoms with van der Waals surface area (Å²) in [6.45, 7) is 0. The number of halogens is 2. The molecule has 6 nitrogen and oxygen atoms in total. The lowest BCUT2D eigenvalue weighted by Gasteiger charge is -2.42. The Balaban J connectivity index is 1.48. The lowest BCUT2D eigenvalue weighted by Crippen LogP contribution is -2.40. The Morgan fingerprint density at radius 3 is 2.63 bits per heavy atom. The number of hydrogen-bond acceptors (Lipinski definition) is 5. The van der Waals surface area contributed by atoms with Crippen LogP contribution >= 0.6 is 0 Å². The van der Waals surface area contributed by atoms with Crippen LogP contribution in [-0.4, -0.2) is 31.0 Å². The average molecular weight is 406 g/mol. The van der Waals surface area contributed by atoms with Crippen LogP contribution in [0.4, 0.5) is 14.6 Å². The molecule has 1 unspecified atom stereocenters. The summed E-state index contributed by atoms with van der Waals surface area (Å²) >= 11 is 0. The highest BCUT2D eigenvalue weighted by molar-refractivity contribution is 5.95. The van der Waals surface area contributed by atoms with Gasteiger partial charge in [-0.2, -0.15) is 0 Å². The summed E-state index contributed by atoms with van der Waals surface area (Å²) in [4.78, 5) is 21.0. The van der Waals surface area contributed by atoms with Gasteiger partial charge in [-0.3, -0.25) is 0 Å². The fourth-order valence-corrected chi connectivity index (χ4v) is 5.15. The molecule has 152 valence electrons. The number of aromatic nitrogens is 5. The Hall–Kier alpha value is -3.16. The molecule has 0 saturated heterocycles. The Kier molecular flexibility index (Phi) is 3.94. The predicted molar refractivity (Wildman–Crippen MR) is 110 cm³/mol. The van der Waals surface area contributed by atoms with E-state index >= 15 is 0 Å². The van der Waals surface area contributed by atoms with Crippen molar-refractivity contribution >= 4 is 27.9 Å². The van der Waals surface area contributed by atoms with Gasteiger partial charge in [0.25, 0.3) is 0 Å². The molecular formula is C22H20F2N6. The van der Waals surface area contributed by atoms with Gasteiger partial charge in [-0.05, 0) is 37.2 Å². The minimum Gasteiger partial charge on any atom is -0.365 e. The maximum atomic E-state index is 14.2. The number of aromatic amines is 1. The Morgan fingerprint density at radius 1 is 1.00 bits per heavy atom. The van der Waals surface area contributed by atoms with Crippen molar-refractivity contribution in [1.29, 1.82) is 0 Å². The van der Waals surface area contributed by atoms with E-state index in [1.54, 1.807) is 18.6 Å². The number of fused-ring (bicyclic) bond motifs is 5. The fourth-order valence-electron chi connectivity index (χ4n) is 5.15. The van der Waals surface area contributed by atoms with Crippen LogP contribution in [0.2, 0.25) is 0 Å². The van der Waals surface area contributed by atoms with Gasteiger partial charge in [0.1, 0.15) is 17.2 Å². The van der Waals surface area contributed by atoms with Crippen LogP contribution in [0.1, 0.15) is 32.1 Å². The molecule has 30 heavy (non-hydrogen) atoms. The molecule has 1 aromatic carbocycles. The van der Waals surface area contributed by atoms with Gasteiger partial charge in [0, 0.05) is 41.6 Å². The molecule has 1 atom stereocenters. The van der Waals surface area contributed by atoms with E-state index < -0.39 is 11.6 Å². The van der Waals surface area contributed by atoms with E-state index in [2.05, 4.69) is 25.3 Å². The molecule has 0 amide bonds. The minimum atomic E-state index is -0.645. The third-order valence-electron chi connectivity index (χ3n) is 6.65. The van der Waals surface area contributed by atoms with Crippen LogP contribution in [0.5, 0.6) is 0 Å². The number of benzene rings is 1. The molecule has 3 saturated carbocycles. The topological polar surface area (TPSA) is 79.4 Å². The van der Waals surface area contributed by atoms with Crippen molar-refractivity contribution in [2.75, 3.05) is 5.32 Å². The van der Waals surface area contributed by atoms with Crippen LogP contribution in [0.3, 0.4) is 0 Å². The first-order chi connectivity index (χ1) is 14.7. The molecule has 2 N–H and O–H groups in total. The van der Waals surface area contributed by atoms with Crippen LogP contribution < -0.4 is 5.32 Å². The van der Waals surface area contributed by atoms with Gasteiger partial charge in [0.2, 0.25) is 0 Å². The van der Waals surface area contributed by atoms with E-state index in [4.69, 9.17) is 4.98 Å². The number of hydrogen-bond donors (Lipinski definition) is 2. The number of H-pyrrole nitrogens is 1. The number of nitrogens with one attached hydrogen (secondary N) is 2. The number of rotatable bonds is 3. The largest absolute Gasteiger partial charge is 0.365 e. The van der Waals surface area contributed by atoms with E-state index in [1.807, 2.05) is 0 Å². The van der Waals surface area contributed by atoms with Crippen molar-refractivity contribution in [3.05, 3.63) is 42.4 Å². The summed E-state index contributed by atoms with van der Waals surface area (Å²) < 4.78 is 28.0. The summed E-state index contributed by atoms with van der Waals surface area (Å²) in [5.41, 5.74) is 1.83. The van der Waals surface area contributed by atoms with E-state index in [-0.39, 0.29) is 5.52 Å². The van der Waals surface area contributed by atoms with Gasteiger partial charge in [-0.25, -0.2) is 28.7 Å². The quantitative estimate of drug-likeness (QED) is 0.509. The third kappa shape index (κ3) is 2.81. The van der Waals surface area contributed by atoms with Crippen molar-refractivity contribution in [2.24, 2.45) is 11.8 Å². The summed E-state index contributed by atoms with van der Waals surface area (Å²) in [5.74, 6) is 1.11. The maximum Gasteiger partial charge on any atom is 0.184 e. The standard InChI is InChI=1S/C22H20F2N6/c23-13-8-14-15(10-27-18(14)16(24)9-13)20-29-21-19(25-5-6-26-21)22(30-20)28-17-7-11-1-3-12(17)4-2-11/h5-6,8-12,17,27H,1-4,7H2,(H,26,28,29,30). The van der Waals surface area contributed by atoms with Gasteiger partial charge in [-0.1, -0.05) is 12.8 Å². The third-order valence-corrected chi connectivity index (χ3v) is 6.65. The lowest BCUT2D eigenvalue weighted by atomic mass is 9.68. The molecule has 7 rings (SSSR count). The van der Waals surface area contributed by atoms with Crippen molar-refractivity contribution in [2.45, 2.75) is 38.1 Å². The van der Waals surface area contributed by atoms with Crippen LogP contribution in [-0.2, 0) is 0 Å². The zero-order valence-corrected chi connectivity index (χ0v) is 16.2. The molecular weight excluding hydrogens is 386 g/mol. The second kappa shape index (κ2) is 6.68. The lowest BCUT2D eigenvalue weighted by molar-refractivity contribution is 0.157. The highest BCUT2D eigenvalue weighted by atomic mass is 19.1. The molecule has 3 aliphatic rings. The first-order valence-corrected chi connectivity index (χ1v) is 10.4. The molecule has 3 aliphatic carbocycles. The van der Waals surface area contributed by atoms with Gasteiger partial charge in [-0.15, -0.1) is 0 Å². The van der Waals surface area contributed by atoms with Crippen LogP contribution in [0.25, 0.3) is 33.5 Å². The zero-order chi connectivity index (χ0) is 20.2. The normalized spacial score (nSPS) is 23.3. The van der Waals surface area contributed by atoms with Gasteiger partial charge in [0.05, 0.1) is 5.52 Å². The maximum absolute atomic E-state index is 14.2. The zero-order valence-electron chi connectivity index (χ0n) is 16.2. The summed E-state index contributed by atoms with van der Waals surface area (Å²) in [5, 5.41) is 4.02. The smallest absolute Gasteiger partial charge is 0.184 e. The van der Waals surface area contributed by atoms with Crippen molar-refractivity contribution < 1.29 is 8.78 Å².